The van der Waals surface area contributed by atoms with E-state index in [1.165, 1.54) is 0 Å². The SMILES string of the molecule is CCOC(=O)C(N)c1cc(C)nc(-c2ncc[nH]2)n1. The third-order valence-corrected chi connectivity index (χ3v) is 2.44. The summed E-state index contributed by atoms with van der Waals surface area (Å²) in [5, 5.41) is 0. The van der Waals surface area contributed by atoms with E-state index < -0.39 is 12.0 Å². The number of H-pyrrole nitrogens is 1. The highest BCUT2D eigenvalue weighted by molar-refractivity contribution is 5.76. The molecule has 0 spiro atoms. The molecule has 3 N–H and O–H groups in total. The Hall–Kier alpha value is -2.28. The molecule has 1 atom stereocenters. The van der Waals surface area contributed by atoms with E-state index >= 15 is 0 Å². The highest BCUT2D eigenvalue weighted by Gasteiger charge is 2.20. The van der Waals surface area contributed by atoms with Crippen LogP contribution in [-0.2, 0) is 9.53 Å². The summed E-state index contributed by atoms with van der Waals surface area (Å²) in [5.41, 5.74) is 6.94. The molecule has 7 nitrogen and oxygen atoms in total. The van der Waals surface area contributed by atoms with Crippen molar-refractivity contribution in [3.05, 3.63) is 29.8 Å². The summed E-state index contributed by atoms with van der Waals surface area (Å²) < 4.78 is 4.88. The Morgan fingerprint density at radius 1 is 1.53 bits per heavy atom. The van der Waals surface area contributed by atoms with Crippen LogP contribution in [0.3, 0.4) is 0 Å². The second kappa shape index (κ2) is 5.57. The predicted octanol–water partition coefficient (Wildman–Crippen LogP) is 0.738. The zero-order valence-corrected chi connectivity index (χ0v) is 10.8. The van der Waals surface area contributed by atoms with Crippen LogP contribution in [0.4, 0.5) is 0 Å². The molecule has 2 aromatic rings. The van der Waals surface area contributed by atoms with Gasteiger partial charge in [-0.25, -0.2) is 19.7 Å². The average Bonchev–Trinajstić information content (AvgIpc) is 2.91. The fourth-order valence-electron chi connectivity index (χ4n) is 1.60. The van der Waals surface area contributed by atoms with Crippen LogP contribution in [-0.4, -0.2) is 32.5 Å². The topological polar surface area (TPSA) is 107 Å². The molecule has 0 aliphatic carbocycles. The van der Waals surface area contributed by atoms with Gasteiger partial charge in [0.25, 0.3) is 0 Å². The molecule has 2 heterocycles. The molecule has 7 heteroatoms. The summed E-state index contributed by atoms with van der Waals surface area (Å²) in [4.78, 5) is 27.1. The zero-order valence-electron chi connectivity index (χ0n) is 10.8. The Bertz CT molecular complexity index is 568. The largest absolute Gasteiger partial charge is 0.465 e. The van der Waals surface area contributed by atoms with E-state index in [2.05, 4.69) is 19.9 Å². The van der Waals surface area contributed by atoms with E-state index in [0.717, 1.165) is 0 Å². The molecule has 0 saturated heterocycles. The van der Waals surface area contributed by atoms with E-state index in [-0.39, 0.29) is 6.61 Å². The molecule has 0 aliphatic rings. The van der Waals surface area contributed by atoms with Gasteiger partial charge in [-0.15, -0.1) is 0 Å². The maximum atomic E-state index is 11.6. The highest BCUT2D eigenvalue weighted by Crippen LogP contribution is 2.15. The van der Waals surface area contributed by atoms with Crippen molar-refractivity contribution in [2.24, 2.45) is 5.73 Å². The lowest BCUT2D eigenvalue weighted by Crippen LogP contribution is -2.25. The number of carbonyl (C=O) groups excluding carboxylic acids is 1. The number of ether oxygens (including phenoxy) is 1. The van der Waals surface area contributed by atoms with Crippen LogP contribution < -0.4 is 5.73 Å². The third kappa shape index (κ3) is 2.94. The number of nitrogens with two attached hydrogens (primary N) is 1. The number of rotatable bonds is 4. The molecule has 0 radical (unpaired) electrons. The second-order valence-electron chi connectivity index (χ2n) is 3.93. The fraction of sp³-hybridized carbons (Fsp3) is 0.333. The van der Waals surface area contributed by atoms with Gasteiger partial charge in [0.05, 0.1) is 12.3 Å². The third-order valence-electron chi connectivity index (χ3n) is 2.44. The standard InChI is InChI=1S/C12H15N5O2/c1-3-19-12(18)9(13)8-6-7(2)16-11(17-8)10-14-4-5-15-10/h4-6,9H,3,13H2,1-2H3,(H,14,15). The first-order chi connectivity index (χ1) is 9.11. The van der Waals surface area contributed by atoms with Gasteiger partial charge >= 0.3 is 5.97 Å². The second-order valence-corrected chi connectivity index (χ2v) is 3.93. The molecule has 0 amide bonds. The van der Waals surface area contributed by atoms with Crippen LogP contribution in [0.5, 0.6) is 0 Å². The quantitative estimate of drug-likeness (QED) is 0.786. The van der Waals surface area contributed by atoms with Crippen LogP contribution in [0.2, 0.25) is 0 Å². The van der Waals surface area contributed by atoms with E-state index in [0.29, 0.717) is 23.0 Å². The van der Waals surface area contributed by atoms with Crippen molar-refractivity contribution in [1.29, 1.82) is 0 Å². The molecule has 19 heavy (non-hydrogen) atoms. The molecule has 0 aromatic carbocycles. The van der Waals surface area contributed by atoms with E-state index in [1.807, 2.05) is 0 Å². The van der Waals surface area contributed by atoms with Crippen molar-refractivity contribution in [3.63, 3.8) is 0 Å². The number of carbonyl (C=O) groups is 1. The van der Waals surface area contributed by atoms with Crippen LogP contribution in [0.1, 0.15) is 24.4 Å². The van der Waals surface area contributed by atoms with Crippen molar-refractivity contribution in [3.8, 4) is 11.6 Å². The lowest BCUT2D eigenvalue weighted by Gasteiger charge is -2.11. The first kappa shape index (κ1) is 13.2. The monoisotopic (exact) mass is 261 g/mol. The minimum absolute atomic E-state index is 0.279. The zero-order chi connectivity index (χ0) is 13.8. The van der Waals surface area contributed by atoms with Gasteiger partial charge in [-0.2, -0.15) is 0 Å². The van der Waals surface area contributed by atoms with E-state index in [4.69, 9.17) is 10.5 Å². The molecule has 2 aromatic heterocycles. The molecule has 0 fully saturated rings. The molecule has 0 aliphatic heterocycles. The lowest BCUT2D eigenvalue weighted by atomic mass is 10.2. The molecule has 0 saturated carbocycles. The van der Waals surface area contributed by atoms with Gasteiger partial charge in [-0.05, 0) is 19.9 Å². The smallest absolute Gasteiger partial charge is 0.329 e. The Kier molecular flexibility index (Phi) is 3.86. The Morgan fingerprint density at radius 3 is 2.95 bits per heavy atom. The van der Waals surface area contributed by atoms with Crippen molar-refractivity contribution in [1.82, 2.24) is 19.9 Å². The number of nitrogens with zero attached hydrogens (tertiary/aromatic N) is 3. The first-order valence-electron chi connectivity index (χ1n) is 5.89. The van der Waals surface area contributed by atoms with Crippen LogP contribution in [0, 0.1) is 6.92 Å². The molecule has 1 unspecified atom stereocenters. The molecular weight excluding hydrogens is 246 g/mol. The predicted molar refractivity (Wildman–Crippen MR) is 67.9 cm³/mol. The van der Waals surface area contributed by atoms with Crippen LogP contribution in [0.25, 0.3) is 11.6 Å². The van der Waals surface area contributed by atoms with Gasteiger partial charge in [0.1, 0.15) is 6.04 Å². The van der Waals surface area contributed by atoms with Gasteiger partial charge in [0.15, 0.2) is 11.6 Å². The fourth-order valence-corrected chi connectivity index (χ4v) is 1.60. The number of aryl methyl sites for hydroxylation is 1. The Morgan fingerprint density at radius 2 is 2.32 bits per heavy atom. The number of aromatic amines is 1. The van der Waals surface area contributed by atoms with Gasteiger partial charge < -0.3 is 15.5 Å². The molecular formula is C12H15N5O2. The molecule has 100 valence electrons. The normalized spacial score (nSPS) is 12.2. The minimum atomic E-state index is -0.921. The maximum absolute atomic E-state index is 11.6. The van der Waals surface area contributed by atoms with Crippen LogP contribution in [0.15, 0.2) is 18.5 Å². The van der Waals surface area contributed by atoms with Gasteiger partial charge in [0.2, 0.25) is 0 Å². The lowest BCUT2D eigenvalue weighted by molar-refractivity contribution is -0.144. The number of aromatic nitrogens is 4. The summed E-state index contributed by atoms with van der Waals surface area (Å²) >= 11 is 0. The average molecular weight is 261 g/mol. The molecule has 2 rings (SSSR count). The Balaban J connectivity index is 2.34. The van der Waals surface area contributed by atoms with E-state index in [9.17, 15) is 4.79 Å². The van der Waals surface area contributed by atoms with Gasteiger partial charge in [0, 0.05) is 18.1 Å². The summed E-state index contributed by atoms with van der Waals surface area (Å²) in [6.45, 7) is 3.81. The number of nitrogens with one attached hydrogen (secondary N) is 1. The van der Waals surface area contributed by atoms with Crippen molar-refractivity contribution in [2.45, 2.75) is 19.9 Å². The van der Waals surface area contributed by atoms with Gasteiger partial charge in [-0.1, -0.05) is 0 Å². The number of hydrogen-bond donors (Lipinski definition) is 2. The summed E-state index contributed by atoms with van der Waals surface area (Å²) in [6, 6.07) is 0.740. The minimum Gasteiger partial charge on any atom is -0.465 e. The number of esters is 1. The van der Waals surface area contributed by atoms with E-state index in [1.54, 1.807) is 32.3 Å². The maximum Gasteiger partial charge on any atom is 0.329 e. The Labute approximate surface area is 110 Å². The number of hydrogen-bond acceptors (Lipinski definition) is 6. The first-order valence-corrected chi connectivity index (χ1v) is 5.89. The summed E-state index contributed by atoms with van der Waals surface area (Å²) in [7, 11) is 0. The summed E-state index contributed by atoms with van der Waals surface area (Å²) in [5.74, 6) is 0.423. The summed E-state index contributed by atoms with van der Waals surface area (Å²) in [6.07, 6.45) is 3.28. The van der Waals surface area contributed by atoms with Crippen molar-refractivity contribution < 1.29 is 9.53 Å². The van der Waals surface area contributed by atoms with Gasteiger partial charge in [-0.3, -0.25) is 0 Å². The van der Waals surface area contributed by atoms with Crippen molar-refractivity contribution >= 4 is 5.97 Å². The molecule has 0 bridgehead atoms. The van der Waals surface area contributed by atoms with Crippen molar-refractivity contribution in [2.75, 3.05) is 6.61 Å². The number of imidazole rings is 1. The van der Waals surface area contributed by atoms with Crippen LogP contribution >= 0.6 is 0 Å². The highest BCUT2D eigenvalue weighted by atomic mass is 16.5.